The van der Waals surface area contributed by atoms with Gasteiger partial charge in [-0.1, -0.05) is 12.1 Å². The van der Waals surface area contributed by atoms with E-state index in [4.69, 9.17) is 0 Å². The lowest BCUT2D eigenvalue weighted by Crippen LogP contribution is -2.17. The molecule has 1 aliphatic heterocycles. The predicted octanol–water partition coefficient (Wildman–Crippen LogP) is 2.62. The van der Waals surface area contributed by atoms with Crippen molar-refractivity contribution >= 4 is 5.69 Å². The monoisotopic (exact) mass is 284 g/mol. The first kappa shape index (κ1) is 14.1. The molecule has 0 amide bonds. The molecule has 112 valence electrons. The Balaban J connectivity index is 1.52. The highest BCUT2D eigenvalue weighted by Crippen LogP contribution is 2.20. The largest absolute Gasteiger partial charge is 0.372 e. The summed E-state index contributed by atoms with van der Waals surface area (Å²) in [5.41, 5.74) is 5.07. The van der Waals surface area contributed by atoms with Gasteiger partial charge in [0.1, 0.15) is 0 Å². The van der Waals surface area contributed by atoms with Crippen LogP contribution in [0.2, 0.25) is 0 Å². The van der Waals surface area contributed by atoms with Crippen LogP contribution in [0.3, 0.4) is 0 Å². The van der Waals surface area contributed by atoms with E-state index in [2.05, 4.69) is 52.7 Å². The van der Waals surface area contributed by atoms with Gasteiger partial charge in [0, 0.05) is 50.7 Å². The third-order valence-corrected chi connectivity index (χ3v) is 4.17. The third kappa shape index (κ3) is 3.45. The summed E-state index contributed by atoms with van der Waals surface area (Å²) in [5, 5.41) is 7.86. The fourth-order valence-corrected chi connectivity index (χ4v) is 2.96. The number of hydrogen-bond donors (Lipinski definition) is 1. The number of aryl methyl sites for hydroxylation is 2. The Bertz CT molecular complexity index is 579. The molecule has 2 heterocycles. The molecule has 3 rings (SSSR count). The summed E-state index contributed by atoms with van der Waals surface area (Å²) in [6.45, 7) is 6.24. The van der Waals surface area contributed by atoms with Crippen LogP contribution in [-0.2, 0) is 20.1 Å². The van der Waals surface area contributed by atoms with E-state index in [1.54, 1.807) is 0 Å². The van der Waals surface area contributed by atoms with E-state index in [-0.39, 0.29) is 0 Å². The molecule has 4 heteroatoms. The molecule has 4 nitrogen and oxygen atoms in total. The lowest BCUT2D eigenvalue weighted by molar-refractivity contribution is 0.690. The minimum Gasteiger partial charge on any atom is -0.372 e. The normalized spacial score (nSPS) is 14.9. The highest BCUT2D eigenvalue weighted by atomic mass is 15.2. The Hall–Kier alpha value is -1.81. The second-order valence-corrected chi connectivity index (χ2v) is 5.88. The van der Waals surface area contributed by atoms with Crippen molar-refractivity contribution in [2.75, 3.05) is 18.0 Å². The van der Waals surface area contributed by atoms with Gasteiger partial charge in [-0.3, -0.25) is 4.68 Å². The molecule has 0 atom stereocenters. The maximum Gasteiger partial charge on any atom is 0.0638 e. The number of nitrogens with one attached hydrogen (secondary N) is 1. The van der Waals surface area contributed by atoms with Crippen LogP contribution in [0.5, 0.6) is 0 Å². The second kappa shape index (κ2) is 6.31. The van der Waals surface area contributed by atoms with E-state index in [0.29, 0.717) is 0 Å². The Morgan fingerprint density at radius 3 is 2.43 bits per heavy atom. The van der Waals surface area contributed by atoms with Crippen molar-refractivity contribution in [3.05, 3.63) is 47.3 Å². The van der Waals surface area contributed by atoms with Gasteiger partial charge in [-0.25, -0.2) is 0 Å². The van der Waals surface area contributed by atoms with E-state index in [9.17, 15) is 0 Å². The van der Waals surface area contributed by atoms with Crippen LogP contribution in [0.25, 0.3) is 0 Å². The summed E-state index contributed by atoms with van der Waals surface area (Å²) >= 11 is 0. The molecule has 0 bridgehead atoms. The molecule has 2 aromatic rings. The Labute approximate surface area is 126 Å². The molecule has 1 aromatic heterocycles. The first-order chi connectivity index (χ1) is 10.2. The molecular formula is C17H24N4. The van der Waals surface area contributed by atoms with E-state index >= 15 is 0 Å². The SMILES string of the molecule is Cc1nn(C)cc1CNCc1ccc(N2CCCC2)cc1. The number of aromatic nitrogens is 2. The molecule has 0 radical (unpaired) electrons. The molecule has 1 aromatic carbocycles. The van der Waals surface area contributed by atoms with Crippen molar-refractivity contribution < 1.29 is 0 Å². The van der Waals surface area contributed by atoms with Crippen molar-refractivity contribution in [1.82, 2.24) is 15.1 Å². The van der Waals surface area contributed by atoms with E-state index < -0.39 is 0 Å². The van der Waals surface area contributed by atoms with Gasteiger partial charge >= 0.3 is 0 Å². The minimum absolute atomic E-state index is 0.869. The van der Waals surface area contributed by atoms with Gasteiger partial charge in [0.15, 0.2) is 0 Å². The summed E-state index contributed by atoms with van der Waals surface area (Å²) in [4.78, 5) is 2.47. The van der Waals surface area contributed by atoms with Gasteiger partial charge in [-0.2, -0.15) is 5.10 Å². The second-order valence-electron chi connectivity index (χ2n) is 5.88. The molecule has 0 aliphatic carbocycles. The van der Waals surface area contributed by atoms with Gasteiger partial charge in [0.05, 0.1) is 5.69 Å². The van der Waals surface area contributed by atoms with Gasteiger partial charge in [0.2, 0.25) is 0 Å². The van der Waals surface area contributed by atoms with Gasteiger partial charge in [-0.15, -0.1) is 0 Å². The predicted molar refractivity (Wildman–Crippen MR) is 86.4 cm³/mol. The molecular weight excluding hydrogens is 260 g/mol. The Morgan fingerprint density at radius 2 is 1.81 bits per heavy atom. The van der Waals surface area contributed by atoms with E-state index in [1.165, 1.54) is 42.7 Å². The Kier molecular flexibility index (Phi) is 4.25. The van der Waals surface area contributed by atoms with Crippen LogP contribution in [-0.4, -0.2) is 22.9 Å². The number of nitrogens with zero attached hydrogens (tertiary/aromatic N) is 3. The van der Waals surface area contributed by atoms with Crippen LogP contribution in [0.15, 0.2) is 30.5 Å². The molecule has 21 heavy (non-hydrogen) atoms. The summed E-state index contributed by atoms with van der Waals surface area (Å²) in [6, 6.07) is 8.96. The maximum absolute atomic E-state index is 4.36. The first-order valence-corrected chi connectivity index (χ1v) is 7.76. The number of rotatable bonds is 5. The van der Waals surface area contributed by atoms with Crippen molar-refractivity contribution in [2.24, 2.45) is 7.05 Å². The van der Waals surface area contributed by atoms with Crippen LogP contribution >= 0.6 is 0 Å². The van der Waals surface area contributed by atoms with Crippen molar-refractivity contribution in [1.29, 1.82) is 0 Å². The first-order valence-electron chi connectivity index (χ1n) is 7.76. The van der Waals surface area contributed by atoms with E-state index in [1.807, 2.05) is 11.7 Å². The van der Waals surface area contributed by atoms with E-state index in [0.717, 1.165) is 18.8 Å². The fourth-order valence-electron chi connectivity index (χ4n) is 2.96. The Morgan fingerprint density at radius 1 is 1.10 bits per heavy atom. The average molecular weight is 284 g/mol. The fraction of sp³-hybridized carbons (Fsp3) is 0.471. The van der Waals surface area contributed by atoms with Crippen LogP contribution < -0.4 is 10.2 Å². The summed E-state index contributed by atoms with van der Waals surface area (Å²) < 4.78 is 1.87. The smallest absolute Gasteiger partial charge is 0.0638 e. The molecule has 0 unspecified atom stereocenters. The maximum atomic E-state index is 4.36. The quantitative estimate of drug-likeness (QED) is 0.916. The van der Waals surface area contributed by atoms with Crippen molar-refractivity contribution in [3.8, 4) is 0 Å². The topological polar surface area (TPSA) is 33.1 Å². The average Bonchev–Trinajstić information content (AvgIpc) is 3.10. The summed E-state index contributed by atoms with van der Waals surface area (Å²) in [5.74, 6) is 0. The standard InChI is InChI=1S/C17H24N4/c1-14-16(13-20(2)19-14)12-18-11-15-5-7-17(8-6-15)21-9-3-4-10-21/h5-8,13,18H,3-4,9-12H2,1-2H3. The third-order valence-electron chi connectivity index (χ3n) is 4.17. The molecule has 0 spiro atoms. The van der Waals surface area contributed by atoms with Crippen molar-refractivity contribution in [3.63, 3.8) is 0 Å². The lowest BCUT2D eigenvalue weighted by Gasteiger charge is -2.17. The number of anilines is 1. The van der Waals surface area contributed by atoms with Crippen LogP contribution in [0.1, 0.15) is 29.7 Å². The number of hydrogen-bond acceptors (Lipinski definition) is 3. The summed E-state index contributed by atoms with van der Waals surface area (Å²) in [6.07, 6.45) is 4.74. The zero-order chi connectivity index (χ0) is 14.7. The highest BCUT2D eigenvalue weighted by molar-refractivity contribution is 5.48. The zero-order valence-corrected chi connectivity index (χ0v) is 13.0. The van der Waals surface area contributed by atoms with Gasteiger partial charge < -0.3 is 10.2 Å². The molecule has 1 aliphatic rings. The summed E-state index contributed by atoms with van der Waals surface area (Å²) in [7, 11) is 1.97. The molecule has 0 saturated carbocycles. The lowest BCUT2D eigenvalue weighted by atomic mass is 10.2. The number of benzene rings is 1. The molecule has 1 N–H and O–H groups in total. The highest BCUT2D eigenvalue weighted by Gasteiger charge is 2.11. The van der Waals surface area contributed by atoms with Gasteiger partial charge in [-0.05, 0) is 37.5 Å². The zero-order valence-electron chi connectivity index (χ0n) is 13.0. The molecule has 1 saturated heterocycles. The van der Waals surface area contributed by atoms with Crippen LogP contribution in [0, 0.1) is 6.92 Å². The minimum atomic E-state index is 0.869. The van der Waals surface area contributed by atoms with Gasteiger partial charge in [0.25, 0.3) is 0 Å². The molecule has 1 fully saturated rings. The van der Waals surface area contributed by atoms with Crippen molar-refractivity contribution in [2.45, 2.75) is 32.9 Å². The van der Waals surface area contributed by atoms with Crippen LogP contribution in [0.4, 0.5) is 5.69 Å².